The average molecular weight is 300 g/mol. The Labute approximate surface area is 134 Å². The molecule has 21 heavy (non-hydrogen) atoms. The third kappa shape index (κ3) is 5.22. The molecule has 0 amide bonds. The second-order valence-corrected chi connectivity index (χ2v) is 5.95. The molecule has 2 aromatic rings. The fourth-order valence-electron chi connectivity index (χ4n) is 2.47. The molecule has 2 rings (SSSR count). The fraction of sp³-hybridized carbons (Fsp3) is 0.368. The maximum atomic E-state index is 5.34. The van der Waals surface area contributed by atoms with Crippen LogP contribution >= 0.6 is 12.9 Å². The zero-order valence-electron chi connectivity index (χ0n) is 12.9. The minimum Gasteiger partial charge on any atom is -0.311 e. The normalized spacial score (nSPS) is 12.3. The molecule has 0 N–H and O–H groups in total. The van der Waals surface area contributed by atoms with Gasteiger partial charge >= 0.3 is 0 Å². The minimum absolute atomic E-state index is 0.0898. The van der Waals surface area contributed by atoms with Crippen LogP contribution in [0.15, 0.2) is 48.5 Å². The number of hydrogen-bond donors (Lipinski definition) is 1. The van der Waals surface area contributed by atoms with Crippen molar-refractivity contribution >= 4 is 12.9 Å². The second kappa shape index (κ2) is 8.26. The van der Waals surface area contributed by atoms with Crippen LogP contribution in [0, 0.1) is 13.8 Å². The van der Waals surface area contributed by atoms with Gasteiger partial charge in [0.2, 0.25) is 0 Å². The molecule has 2 heteroatoms. The molecular formula is C19H24OS. The summed E-state index contributed by atoms with van der Waals surface area (Å²) in [6, 6.07) is 17.3. The van der Waals surface area contributed by atoms with Gasteiger partial charge in [0.15, 0.2) is 0 Å². The summed E-state index contributed by atoms with van der Waals surface area (Å²) in [5, 5.41) is 0. The van der Waals surface area contributed by atoms with E-state index in [-0.39, 0.29) is 6.10 Å². The number of rotatable bonds is 7. The molecule has 0 bridgehead atoms. The Morgan fingerprint density at radius 2 is 1.43 bits per heavy atom. The molecule has 1 nitrogen and oxygen atoms in total. The molecule has 0 aliphatic rings. The molecular weight excluding hydrogens is 276 g/mol. The van der Waals surface area contributed by atoms with Gasteiger partial charge in [-0.05, 0) is 57.1 Å². The standard InChI is InChI=1S/C19H24OS/c1-15-7-11-17(12-8-15)5-3-4-6-19(20-21)18-13-9-16(2)10-14-18/h7-14,19,21H,3-6H2,1-2H3. The van der Waals surface area contributed by atoms with Crippen LogP contribution in [0.2, 0.25) is 0 Å². The van der Waals surface area contributed by atoms with E-state index < -0.39 is 0 Å². The van der Waals surface area contributed by atoms with Gasteiger partial charge in [-0.15, -0.1) is 0 Å². The van der Waals surface area contributed by atoms with E-state index >= 15 is 0 Å². The van der Waals surface area contributed by atoms with Gasteiger partial charge in [-0.3, -0.25) is 0 Å². The van der Waals surface area contributed by atoms with Crippen LogP contribution in [0.4, 0.5) is 0 Å². The quantitative estimate of drug-likeness (QED) is 0.397. The van der Waals surface area contributed by atoms with Crippen molar-refractivity contribution < 1.29 is 4.18 Å². The maximum absolute atomic E-state index is 5.34. The highest BCUT2D eigenvalue weighted by Gasteiger charge is 2.10. The van der Waals surface area contributed by atoms with Crippen LogP contribution in [0.25, 0.3) is 0 Å². The molecule has 0 spiro atoms. The summed E-state index contributed by atoms with van der Waals surface area (Å²) in [6.45, 7) is 4.22. The first-order valence-corrected chi connectivity index (χ1v) is 7.98. The van der Waals surface area contributed by atoms with E-state index in [9.17, 15) is 0 Å². The number of aryl methyl sites for hydroxylation is 3. The molecule has 0 heterocycles. The Hall–Kier alpha value is -1.25. The first-order valence-electron chi connectivity index (χ1n) is 7.61. The van der Waals surface area contributed by atoms with Gasteiger partial charge in [0.25, 0.3) is 0 Å². The molecule has 0 fully saturated rings. The van der Waals surface area contributed by atoms with Crippen molar-refractivity contribution in [3.8, 4) is 0 Å². The van der Waals surface area contributed by atoms with Crippen LogP contribution in [0.3, 0.4) is 0 Å². The monoisotopic (exact) mass is 300 g/mol. The smallest absolute Gasteiger partial charge is 0.0968 e. The number of benzene rings is 2. The Balaban J connectivity index is 1.78. The van der Waals surface area contributed by atoms with Gasteiger partial charge < -0.3 is 4.18 Å². The summed E-state index contributed by atoms with van der Waals surface area (Å²) >= 11 is 4.04. The Morgan fingerprint density at radius 1 is 0.857 bits per heavy atom. The first-order chi connectivity index (χ1) is 10.2. The van der Waals surface area contributed by atoms with E-state index in [2.05, 4.69) is 75.3 Å². The van der Waals surface area contributed by atoms with Crippen molar-refractivity contribution in [1.82, 2.24) is 0 Å². The van der Waals surface area contributed by atoms with E-state index in [0.717, 1.165) is 19.3 Å². The van der Waals surface area contributed by atoms with Gasteiger partial charge in [-0.2, -0.15) is 0 Å². The third-order valence-electron chi connectivity index (χ3n) is 3.88. The van der Waals surface area contributed by atoms with E-state index in [1.54, 1.807) is 0 Å². The van der Waals surface area contributed by atoms with E-state index in [1.165, 1.54) is 28.7 Å². The van der Waals surface area contributed by atoms with Crippen molar-refractivity contribution in [2.75, 3.05) is 0 Å². The van der Waals surface area contributed by atoms with Gasteiger partial charge in [-0.1, -0.05) is 66.1 Å². The Bertz CT molecular complexity index is 530. The summed E-state index contributed by atoms with van der Waals surface area (Å²) < 4.78 is 5.34. The van der Waals surface area contributed by atoms with Gasteiger partial charge in [0.1, 0.15) is 0 Å². The second-order valence-electron chi connectivity index (χ2n) is 5.74. The Morgan fingerprint density at radius 3 is 2.00 bits per heavy atom. The van der Waals surface area contributed by atoms with E-state index in [0.29, 0.717) is 0 Å². The van der Waals surface area contributed by atoms with Crippen molar-refractivity contribution in [2.24, 2.45) is 0 Å². The third-order valence-corrected chi connectivity index (χ3v) is 4.13. The highest BCUT2D eigenvalue weighted by molar-refractivity contribution is 7.75. The average Bonchev–Trinajstić information content (AvgIpc) is 2.50. The number of unbranched alkanes of at least 4 members (excludes halogenated alkanes) is 1. The van der Waals surface area contributed by atoms with Gasteiger partial charge in [-0.25, -0.2) is 0 Å². The number of hydrogen-bond acceptors (Lipinski definition) is 2. The molecule has 0 aliphatic carbocycles. The van der Waals surface area contributed by atoms with Crippen LogP contribution in [0.1, 0.15) is 47.6 Å². The van der Waals surface area contributed by atoms with Crippen LogP contribution < -0.4 is 0 Å². The lowest BCUT2D eigenvalue weighted by Crippen LogP contribution is -1.99. The van der Waals surface area contributed by atoms with Gasteiger partial charge in [0.05, 0.1) is 6.10 Å². The molecule has 0 saturated heterocycles. The van der Waals surface area contributed by atoms with E-state index in [1.807, 2.05) is 0 Å². The molecule has 0 radical (unpaired) electrons. The van der Waals surface area contributed by atoms with Gasteiger partial charge in [0, 0.05) is 0 Å². The summed E-state index contributed by atoms with van der Waals surface area (Å²) in [4.78, 5) is 0. The highest BCUT2D eigenvalue weighted by Crippen LogP contribution is 2.25. The summed E-state index contributed by atoms with van der Waals surface area (Å²) in [6.07, 6.45) is 4.56. The molecule has 0 aliphatic heterocycles. The summed E-state index contributed by atoms with van der Waals surface area (Å²) in [5.74, 6) is 0. The Kier molecular flexibility index (Phi) is 6.34. The van der Waals surface area contributed by atoms with Crippen molar-refractivity contribution in [3.63, 3.8) is 0 Å². The lowest BCUT2D eigenvalue weighted by Gasteiger charge is -2.14. The molecule has 1 unspecified atom stereocenters. The van der Waals surface area contributed by atoms with E-state index in [4.69, 9.17) is 4.18 Å². The molecule has 112 valence electrons. The first kappa shape index (κ1) is 16.1. The predicted molar refractivity (Wildman–Crippen MR) is 92.7 cm³/mol. The zero-order chi connectivity index (χ0) is 15.1. The van der Waals surface area contributed by atoms with Crippen molar-refractivity contribution in [1.29, 1.82) is 0 Å². The van der Waals surface area contributed by atoms with Crippen molar-refractivity contribution in [2.45, 2.75) is 45.6 Å². The summed E-state index contributed by atoms with van der Waals surface area (Å²) in [7, 11) is 0. The van der Waals surface area contributed by atoms with Crippen molar-refractivity contribution in [3.05, 3.63) is 70.8 Å². The zero-order valence-corrected chi connectivity index (χ0v) is 13.8. The highest BCUT2D eigenvalue weighted by atomic mass is 32.1. The van der Waals surface area contributed by atoms with Crippen LogP contribution in [-0.4, -0.2) is 0 Å². The molecule has 2 aromatic carbocycles. The molecule has 1 atom stereocenters. The minimum atomic E-state index is 0.0898. The van der Waals surface area contributed by atoms with Crippen LogP contribution in [0.5, 0.6) is 0 Å². The largest absolute Gasteiger partial charge is 0.311 e. The predicted octanol–water partition coefficient (Wildman–Crippen LogP) is 5.62. The lowest BCUT2D eigenvalue weighted by atomic mass is 10.0. The molecule has 0 saturated carbocycles. The summed E-state index contributed by atoms with van der Waals surface area (Å²) in [5.41, 5.74) is 5.22. The number of thiol groups is 1. The lowest BCUT2D eigenvalue weighted by molar-refractivity contribution is 0.234. The topological polar surface area (TPSA) is 9.23 Å². The maximum Gasteiger partial charge on any atom is 0.0968 e. The molecule has 0 aromatic heterocycles. The van der Waals surface area contributed by atoms with Crippen LogP contribution in [-0.2, 0) is 10.6 Å². The SMILES string of the molecule is Cc1ccc(CCCCC(OS)c2ccc(C)cc2)cc1. The fourth-order valence-corrected chi connectivity index (χ4v) is 2.70.